The normalized spacial score (nSPS) is 11.2. The van der Waals surface area contributed by atoms with E-state index < -0.39 is 17.8 Å². The average Bonchev–Trinajstić information content (AvgIpc) is 2.89. The summed E-state index contributed by atoms with van der Waals surface area (Å²) in [6.07, 6.45) is 0.484. The Morgan fingerprint density at radius 3 is 2.19 bits per heavy atom. The maximum absolute atomic E-state index is 13.0. The molecule has 0 saturated carbocycles. The lowest BCUT2D eigenvalue weighted by Gasteiger charge is -2.16. The number of rotatable bonds is 11. The molecule has 186 valence electrons. The van der Waals surface area contributed by atoms with E-state index in [2.05, 4.69) is 10.6 Å². The van der Waals surface area contributed by atoms with E-state index in [4.69, 9.17) is 4.74 Å². The van der Waals surface area contributed by atoms with E-state index >= 15 is 0 Å². The van der Waals surface area contributed by atoms with Crippen molar-refractivity contribution in [1.29, 1.82) is 0 Å². The van der Waals surface area contributed by atoms with Gasteiger partial charge in [-0.15, -0.1) is 0 Å². The summed E-state index contributed by atoms with van der Waals surface area (Å²) in [7, 11) is 0. The SMILES string of the molecule is CC(=O)SCC(Cc1ccccc1)C(=O)Nc1cccc(C(=O)NCC(=O)OCc2ccccc2)c1. The molecular formula is C28H28N2O5S. The van der Waals surface area contributed by atoms with Gasteiger partial charge in [0.2, 0.25) is 5.91 Å². The van der Waals surface area contributed by atoms with Gasteiger partial charge in [-0.2, -0.15) is 0 Å². The van der Waals surface area contributed by atoms with E-state index in [1.807, 2.05) is 60.7 Å². The van der Waals surface area contributed by atoms with Crippen LogP contribution in [-0.2, 0) is 32.1 Å². The molecule has 8 heteroatoms. The molecule has 0 aliphatic heterocycles. The molecule has 0 aliphatic carbocycles. The molecule has 0 heterocycles. The molecule has 0 fully saturated rings. The highest BCUT2D eigenvalue weighted by atomic mass is 32.2. The number of thioether (sulfide) groups is 1. The summed E-state index contributed by atoms with van der Waals surface area (Å²) in [6.45, 7) is 1.33. The van der Waals surface area contributed by atoms with Gasteiger partial charge in [0.1, 0.15) is 13.2 Å². The van der Waals surface area contributed by atoms with Crippen LogP contribution >= 0.6 is 11.8 Å². The third-order valence-corrected chi connectivity index (χ3v) is 6.19. The summed E-state index contributed by atoms with van der Waals surface area (Å²) in [5.74, 6) is -1.34. The van der Waals surface area contributed by atoms with Gasteiger partial charge in [0, 0.05) is 23.9 Å². The van der Waals surface area contributed by atoms with Crippen molar-refractivity contribution in [3.8, 4) is 0 Å². The van der Waals surface area contributed by atoms with Crippen LogP contribution in [0.4, 0.5) is 5.69 Å². The summed E-state index contributed by atoms with van der Waals surface area (Å²) < 4.78 is 5.17. The first kappa shape index (κ1) is 26.7. The highest BCUT2D eigenvalue weighted by molar-refractivity contribution is 8.13. The number of anilines is 1. The second kappa shape index (κ2) is 13.8. The number of esters is 1. The Kier molecular flexibility index (Phi) is 10.3. The fourth-order valence-corrected chi connectivity index (χ4v) is 4.08. The second-order valence-corrected chi connectivity index (χ2v) is 9.29. The number of carbonyl (C=O) groups is 4. The van der Waals surface area contributed by atoms with Gasteiger partial charge < -0.3 is 15.4 Å². The van der Waals surface area contributed by atoms with Crippen molar-refractivity contribution in [1.82, 2.24) is 5.32 Å². The van der Waals surface area contributed by atoms with Gasteiger partial charge in [-0.05, 0) is 35.7 Å². The smallest absolute Gasteiger partial charge is 0.325 e. The Labute approximate surface area is 214 Å². The van der Waals surface area contributed by atoms with E-state index in [-0.39, 0.29) is 24.2 Å². The molecule has 0 saturated heterocycles. The molecule has 1 atom stereocenters. The molecule has 0 radical (unpaired) electrons. The zero-order valence-corrected chi connectivity index (χ0v) is 20.8. The fraction of sp³-hybridized carbons (Fsp3) is 0.214. The van der Waals surface area contributed by atoms with E-state index in [0.29, 0.717) is 23.4 Å². The number of ether oxygens (including phenoxy) is 1. The fourth-order valence-electron chi connectivity index (χ4n) is 3.37. The lowest BCUT2D eigenvalue weighted by atomic mass is 10.00. The zero-order valence-electron chi connectivity index (χ0n) is 19.9. The average molecular weight is 505 g/mol. The Morgan fingerprint density at radius 2 is 1.53 bits per heavy atom. The summed E-state index contributed by atoms with van der Waals surface area (Å²) >= 11 is 1.11. The predicted molar refractivity (Wildman–Crippen MR) is 140 cm³/mol. The topological polar surface area (TPSA) is 102 Å². The van der Waals surface area contributed by atoms with Crippen molar-refractivity contribution in [3.05, 3.63) is 102 Å². The molecule has 3 aromatic carbocycles. The minimum Gasteiger partial charge on any atom is -0.460 e. The highest BCUT2D eigenvalue weighted by Gasteiger charge is 2.21. The molecule has 7 nitrogen and oxygen atoms in total. The molecule has 36 heavy (non-hydrogen) atoms. The monoisotopic (exact) mass is 504 g/mol. The van der Waals surface area contributed by atoms with E-state index in [0.717, 1.165) is 22.9 Å². The first-order valence-electron chi connectivity index (χ1n) is 11.5. The van der Waals surface area contributed by atoms with Crippen LogP contribution < -0.4 is 10.6 Å². The van der Waals surface area contributed by atoms with Gasteiger partial charge in [-0.1, -0.05) is 78.5 Å². The Balaban J connectivity index is 1.55. The van der Waals surface area contributed by atoms with Crippen molar-refractivity contribution in [2.45, 2.75) is 20.0 Å². The molecule has 3 aromatic rings. The van der Waals surface area contributed by atoms with E-state index in [9.17, 15) is 19.2 Å². The number of hydrogen-bond donors (Lipinski definition) is 2. The van der Waals surface area contributed by atoms with Gasteiger partial charge in [0.25, 0.3) is 5.91 Å². The molecule has 0 aliphatic rings. The van der Waals surface area contributed by atoms with Crippen LogP contribution in [0.1, 0.15) is 28.4 Å². The maximum atomic E-state index is 13.0. The van der Waals surface area contributed by atoms with Crippen LogP contribution in [0.25, 0.3) is 0 Å². The van der Waals surface area contributed by atoms with Crippen LogP contribution in [0.15, 0.2) is 84.9 Å². The third-order valence-electron chi connectivity index (χ3n) is 5.21. The number of hydrogen-bond acceptors (Lipinski definition) is 6. The van der Waals surface area contributed by atoms with E-state index in [1.54, 1.807) is 24.3 Å². The summed E-state index contributed by atoms with van der Waals surface area (Å²) in [6, 6.07) is 25.3. The predicted octanol–water partition coefficient (Wildman–Crippen LogP) is 4.24. The van der Waals surface area contributed by atoms with Gasteiger partial charge in [0.15, 0.2) is 5.12 Å². The summed E-state index contributed by atoms with van der Waals surface area (Å²) in [5.41, 5.74) is 2.59. The lowest BCUT2D eigenvalue weighted by molar-refractivity contribution is -0.143. The molecule has 0 aromatic heterocycles. The van der Waals surface area contributed by atoms with Crippen molar-refractivity contribution >= 4 is 40.3 Å². The standard InChI is InChI=1S/C28H28N2O5S/c1-20(31)36-19-24(15-21-9-4-2-5-10-21)28(34)30-25-14-8-13-23(16-25)27(33)29-17-26(32)35-18-22-11-6-3-7-12-22/h2-14,16,24H,15,17-19H2,1H3,(H,29,33)(H,30,34). The van der Waals surface area contributed by atoms with Crippen molar-refractivity contribution in [2.24, 2.45) is 5.92 Å². The highest BCUT2D eigenvalue weighted by Crippen LogP contribution is 2.19. The molecule has 2 amide bonds. The van der Waals surface area contributed by atoms with Crippen molar-refractivity contribution in [2.75, 3.05) is 17.6 Å². The minimum atomic E-state index is -0.552. The molecule has 3 rings (SSSR count). The van der Waals surface area contributed by atoms with Gasteiger partial charge >= 0.3 is 5.97 Å². The number of amides is 2. The Bertz CT molecular complexity index is 1180. The first-order valence-corrected chi connectivity index (χ1v) is 12.4. The zero-order chi connectivity index (χ0) is 25.8. The maximum Gasteiger partial charge on any atom is 0.325 e. The summed E-state index contributed by atoms with van der Waals surface area (Å²) in [4.78, 5) is 49.0. The molecular weight excluding hydrogens is 476 g/mol. The van der Waals surface area contributed by atoms with Crippen LogP contribution in [0.2, 0.25) is 0 Å². The molecule has 0 bridgehead atoms. The molecule has 1 unspecified atom stereocenters. The largest absolute Gasteiger partial charge is 0.460 e. The minimum absolute atomic E-state index is 0.0539. The quantitative estimate of drug-likeness (QED) is 0.379. The van der Waals surface area contributed by atoms with Crippen molar-refractivity contribution in [3.63, 3.8) is 0 Å². The molecule has 0 spiro atoms. The Hall–Kier alpha value is -3.91. The number of benzene rings is 3. The van der Waals surface area contributed by atoms with E-state index in [1.165, 1.54) is 6.92 Å². The van der Waals surface area contributed by atoms with Gasteiger partial charge in [0.05, 0.1) is 5.92 Å². The van der Waals surface area contributed by atoms with Crippen LogP contribution in [0.3, 0.4) is 0 Å². The van der Waals surface area contributed by atoms with Gasteiger partial charge in [-0.3, -0.25) is 19.2 Å². The number of carbonyl (C=O) groups excluding carboxylic acids is 4. The number of nitrogens with one attached hydrogen (secondary N) is 2. The molecule has 2 N–H and O–H groups in total. The Morgan fingerprint density at radius 1 is 0.861 bits per heavy atom. The van der Waals surface area contributed by atoms with Crippen LogP contribution in [0.5, 0.6) is 0 Å². The van der Waals surface area contributed by atoms with Crippen LogP contribution in [0, 0.1) is 5.92 Å². The van der Waals surface area contributed by atoms with Crippen molar-refractivity contribution < 1.29 is 23.9 Å². The second-order valence-electron chi connectivity index (χ2n) is 8.09. The van der Waals surface area contributed by atoms with Crippen LogP contribution in [-0.4, -0.2) is 35.2 Å². The summed E-state index contributed by atoms with van der Waals surface area (Å²) in [5, 5.41) is 5.33. The van der Waals surface area contributed by atoms with Gasteiger partial charge in [-0.25, -0.2) is 0 Å². The first-order chi connectivity index (χ1) is 17.4. The third kappa shape index (κ3) is 9.03. The lowest BCUT2D eigenvalue weighted by Crippen LogP contribution is -2.31.